The molecule has 2 fully saturated rings. The van der Waals surface area contributed by atoms with E-state index in [1.165, 1.54) is 4.31 Å². The van der Waals surface area contributed by atoms with Crippen LogP contribution >= 0.6 is 15.9 Å². The van der Waals surface area contributed by atoms with Gasteiger partial charge in [-0.2, -0.15) is 4.31 Å². The van der Waals surface area contributed by atoms with Gasteiger partial charge in [-0.15, -0.1) is 0 Å². The number of halogens is 1. The maximum Gasteiger partial charge on any atom is 0.246 e. The summed E-state index contributed by atoms with van der Waals surface area (Å²) >= 11 is 3.34. The molecular formula is C18H26BrN3O4S. The van der Waals surface area contributed by atoms with Gasteiger partial charge >= 0.3 is 0 Å². The molecule has 1 aliphatic carbocycles. The fourth-order valence-corrected chi connectivity index (χ4v) is 5.24. The second-order valence-electron chi connectivity index (χ2n) is 6.92. The van der Waals surface area contributed by atoms with Crippen molar-refractivity contribution in [2.75, 3.05) is 32.8 Å². The normalized spacial score (nSPS) is 20.3. The van der Waals surface area contributed by atoms with Crippen LogP contribution in [0.5, 0.6) is 5.75 Å². The van der Waals surface area contributed by atoms with Gasteiger partial charge in [0.25, 0.3) is 0 Å². The first kappa shape index (κ1) is 20.6. The first-order valence-corrected chi connectivity index (χ1v) is 11.5. The first-order chi connectivity index (χ1) is 12.8. The molecule has 1 heterocycles. The minimum absolute atomic E-state index is 0.0272. The Kier molecular flexibility index (Phi) is 6.45. The molecule has 0 radical (unpaired) electrons. The molecule has 1 N–H and O–H groups in total. The number of sulfonamides is 1. The van der Waals surface area contributed by atoms with Gasteiger partial charge in [0.1, 0.15) is 10.6 Å². The number of nitrogens with one attached hydrogen (secondary N) is 1. The van der Waals surface area contributed by atoms with E-state index in [1.54, 1.807) is 18.2 Å². The number of hydrogen-bond donors (Lipinski definition) is 1. The van der Waals surface area contributed by atoms with Crippen molar-refractivity contribution in [1.82, 2.24) is 14.5 Å². The van der Waals surface area contributed by atoms with E-state index < -0.39 is 10.0 Å². The zero-order valence-corrected chi connectivity index (χ0v) is 18.1. The summed E-state index contributed by atoms with van der Waals surface area (Å²) in [5, 5.41) is 3.01. The van der Waals surface area contributed by atoms with Gasteiger partial charge in [-0.3, -0.25) is 9.69 Å². The monoisotopic (exact) mass is 459 g/mol. The summed E-state index contributed by atoms with van der Waals surface area (Å²) in [6.45, 7) is 5.84. The predicted molar refractivity (Wildman–Crippen MR) is 106 cm³/mol. The Labute approximate surface area is 169 Å². The van der Waals surface area contributed by atoms with Crippen LogP contribution in [0.2, 0.25) is 0 Å². The van der Waals surface area contributed by atoms with E-state index in [9.17, 15) is 13.2 Å². The van der Waals surface area contributed by atoms with Crippen LogP contribution in [0.1, 0.15) is 26.7 Å². The Balaban J connectivity index is 1.67. The summed E-state index contributed by atoms with van der Waals surface area (Å²) in [5.41, 5.74) is 0. The maximum absolute atomic E-state index is 13.1. The first-order valence-electron chi connectivity index (χ1n) is 9.30. The van der Waals surface area contributed by atoms with Crippen molar-refractivity contribution in [2.45, 2.75) is 43.7 Å². The minimum Gasteiger partial charge on any atom is -0.492 e. The van der Waals surface area contributed by atoms with E-state index in [1.807, 2.05) is 18.7 Å². The molecule has 150 valence electrons. The van der Waals surface area contributed by atoms with E-state index in [4.69, 9.17) is 4.74 Å². The molecule has 3 rings (SSSR count). The molecule has 0 spiro atoms. The molecule has 27 heavy (non-hydrogen) atoms. The van der Waals surface area contributed by atoms with Gasteiger partial charge in [0.15, 0.2) is 0 Å². The second kappa shape index (κ2) is 8.46. The average Bonchev–Trinajstić information content (AvgIpc) is 3.46. The standard InChI is InChI=1S/C18H26BrN3O4S/c1-3-26-16-7-4-14(19)12-17(16)27(24,25)22-10-8-21(9-11-22)13(2)18(23)20-15-5-6-15/h4,7,12-13,15H,3,5-6,8-11H2,1-2H3,(H,20,23). The Morgan fingerprint density at radius 2 is 1.96 bits per heavy atom. The summed E-state index contributed by atoms with van der Waals surface area (Å²) < 4.78 is 33.9. The molecule has 1 saturated carbocycles. The van der Waals surface area contributed by atoms with Crippen LogP contribution in [0.25, 0.3) is 0 Å². The van der Waals surface area contributed by atoms with Crippen molar-refractivity contribution in [3.05, 3.63) is 22.7 Å². The summed E-state index contributed by atoms with van der Waals surface area (Å²) in [6.07, 6.45) is 2.11. The number of rotatable bonds is 7. The molecule has 1 aliphatic heterocycles. The fraction of sp³-hybridized carbons (Fsp3) is 0.611. The second-order valence-corrected chi connectivity index (χ2v) is 9.74. The lowest BCUT2D eigenvalue weighted by atomic mass is 10.2. The molecule has 0 bridgehead atoms. The number of ether oxygens (including phenoxy) is 1. The van der Waals surface area contributed by atoms with Crippen molar-refractivity contribution in [3.8, 4) is 5.75 Å². The van der Waals surface area contributed by atoms with Crippen LogP contribution in [0.3, 0.4) is 0 Å². The number of amides is 1. The molecule has 1 saturated heterocycles. The third-order valence-electron chi connectivity index (χ3n) is 4.95. The van der Waals surface area contributed by atoms with Gasteiger partial charge < -0.3 is 10.1 Å². The van der Waals surface area contributed by atoms with Gasteiger partial charge in [-0.25, -0.2) is 8.42 Å². The Hall–Kier alpha value is -1.16. The molecule has 7 nitrogen and oxygen atoms in total. The molecule has 2 aliphatic rings. The van der Waals surface area contributed by atoms with Gasteiger partial charge in [0, 0.05) is 36.7 Å². The summed E-state index contributed by atoms with van der Waals surface area (Å²) in [7, 11) is -3.66. The number of benzene rings is 1. The highest BCUT2D eigenvalue weighted by Crippen LogP contribution is 2.30. The smallest absolute Gasteiger partial charge is 0.246 e. The van der Waals surface area contributed by atoms with E-state index in [2.05, 4.69) is 21.2 Å². The molecule has 9 heteroatoms. The largest absolute Gasteiger partial charge is 0.492 e. The third kappa shape index (κ3) is 4.82. The SMILES string of the molecule is CCOc1ccc(Br)cc1S(=O)(=O)N1CCN(C(C)C(=O)NC2CC2)CC1. The third-order valence-corrected chi connectivity index (χ3v) is 7.36. The van der Waals surface area contributed by atoms with E-state index in [-0.39, 0.29) is 16.8 Å². The van der Waals surface area contributed by atoms with Crippen LogP contribution < -0.4 is 10.1 Å². The number of carbonyl (C=O) groups is 1. The Morgan fingerprint density at radius 1 is 1.30 bits per heavy atom. The molecule has 0 aromatic heterocycles. The number of hydrogen-bond acceptors (Lipinski definition) is 5. The highest BCUT2D eigenvalue weighted by Gasteiger charge is 2.34. The average molecular weight is 460 g/mol. The van der Waals surface area contributed by atoms with Gasteiger partial charge in [-0.1, -0.05) is 15.9 Å². The quantitative estimate of drug-likeness (QED) is 0.672. The zero-order valence-electron chi connectivity index (χ0n) is 15.7. The van der Waals surface area contributed by atoms with Crippen LogP contribution in [0.15, 0.2) is 27.6 Å². The highest BCUT2D eigenvalue weighted by atomic mass is 79.9. The van der Waals surface area contributed by atoms with Crippen molar-refractivity contribution in [1.29, 1.82) is 0 Å². The van der Waals surface area contributed by atoms with Crippen LogP contribution in [-0.2, 0) is 14.8 Å². The van der Waals surface area contributed by atoms with Crippen molar-refractivity contribution in [2.24, 2.45) is 0 Å². The minimum atomic E-state index is -3.66. The lowest BCUT2D eigenvalue weighted by Gasteiger charge is -2.36. The zero-order chi connectivity index (χ0) is 19.6. The topological polar surface area (TPSA) is 79.0 Å². The van der Waals surface area contributed by atoms with Crippen molar-refractivity contribution < 1.29 is 17.9 Å². The molecular weight excluding hydrogens is 434 g/mol. The fourth-order valence-electron chi connectivity index (χ4n) is 3.14. The van der Waals surface area contributed by atoms with Crippen LogP contribution in [0.4, 0.5) is 0 Å². The number of carbonyl (C=O) groups excluding carboxylic acids is 1. The van der Waals surface area contributed by atoms with E-state index >= 15 is 0 Å². The Bertz CT molecular complexity index is 790. The van der Waals surface area contributed by atoms with Crippen molar-refractivity contribution in [3.63, 3.8) is 0 Å². The summed E-state index contributed by atoms with van der Waals surface area (Å²) in [6, 6.07) is 5.09. The van der Waals surface area contributed by atoms with Gasteiger partial charge in [0.05, 0.1) is 12.6 Å². The van der Waals surface area contributed by atoms with E-state index in [0.29, 0.717) is 49.0 Å². The molecule has 1 amide bonds. The van der Waals surface area contributed by atoms with Crippen LogP contribution in [-0.4, -0.2) is 68.4 Å². The lowest BCUT2D eigenvalue weighted by molar-refractivity contribution is -0.126. The molecule has 1 unspecified atom stereocenters. The maximum atomic E-state index is 13.1. The predicted octanol–water partition coefficient (Wildman–Crippen LogP) is 1.82. The highest BCUT2D eigenvalue weighted by molar-refractivity contribution is 9.10. The molecule has 1 atom stereocenters. The lowest BCUT2D eigenvalue weighted by Crippen LogP contribution is -2.55. The van der Waals surface area contributed by atoms with Gasteiger partial charge in [-0.05, 0) is 44.9 Å². The van der Waals surface area contributed by atoms with Crippen molar-refractivity contribution >= 4 is 31.9 Å². The Morgan fingerprint density at radius 3 is 2.56 bits per heavy atom. The van der Waals surface area contributed by atoms with Gasteiger partial charge in [0.2, 0.25) is 15.9 Å². The summed E-state index contributed by atoms with van der Waals surface area (Å²) in [5.74, 6) is 0.389. The summed E-state index contributed by atoms with van der Waals surface area (Å²) in [4.78, 5) is 14.4. The van der Waals surface area contributed by atoms with E-state index in [0.717, 1.165) is 12.8 Å². The number of nitrogens with zero attached hydrogens (tertiary/aromatic N) is 2. The number of piperazine rings is 1. The van der Waals surface area contributed by atoms with Crippen LogP contribution in [0, 0.1) is 0 Å². The molecule has 1 aromatic rings. The molecule has 1 aromatic carbocycles.